The van der Waals surface area contributed by atoms with Crippen LogP contribution in [0, 0.1) is 13.8 Å². The van der Waals surface area contributed by atoms with Crippen LogP contribution in [-0.4, -0.2) is 34.0 Å². The van der Waals surface area contributed by atoms with Crippen LogP contribution < -0.4 is 4.74 Å². The number of benzene rings is 2. The lowest BCUT2D eigenvalue weighted by molar-refractivity contribution is 0.0732. The fourth-order valence-corrected chi connectivity index (χ4v) is 3.60. The number of nitrogens with zero attached hydrogens (tertiary/aromatic N) is 2. The average molecular weight is 374 g/mol. The molecule has 0 atom stereocenters. The van der Waals surface area contributed by atoms with E-state index in [0.29, 0.717) is 31.0 Å². The van der Waals surface area contributed by atoms with Crippen molar-refractivity contribution in [3.05, 3.63) is 77.1 Å². The van der Waals surface area contributed by atoms with Crippen molar-refractivity contribution in [3.8, 4) is 22.6 Å². The number of hydrogen-bond donors (Lipinski definition) is 1. The van der Waals surface area contributed by atoms with E-state index in [1.54, 1.807) is 23.4 Å². The highest BCUT2D eigenvalue weighted by molar-refractivity contribution is 5.95. The predicted molar refractivity (Wildman–Crippen MR) is 107 cm³/mol. The molecule has 0 unspecified atom stereocenters. The molecule has 1 aliphatic heterocycles. The Bertz CT molecular complexity index is 1030. The van der Waals surface area contributed by atoms with E-state index in [1.165, 1.54) is 0 Å². The highest BCUT2D eigenvalue weighted by Gasteiger charge is 2.24. The summed E-state index contributed by atoms with van der Waals surface area (Å²) >= 11 is 0. The van der Waals surface area contributed by atoms with Crippen molar-refractivity contribution in [2.75, 3.05) is 13.2 Å². The van der Waals surface area contributed by atoms with Crippen LogP contribution in [0.3, 0.4) is 0 Å². The van der Waals surface area contributed by atoms with Crippen LogP contribution in [0.2, 0.25) is 0 Å². The number of phenolic OH excluding ortho intramolecular Hbond substituents is 1. The van der Waals surface area contributed by atoms with E-state index in [4.69, 9.17) is 4.74 Å². The van der Waals surface area contributed by atoms with Crippen LogP contribution in [0.15, 0.2) is 54.9 Å². The number of fused-ring (bicyclic) bond motifs is 1. The number of aromatic hydroxyl groups is 1. The Balaban J connectivity index is 1.69. The zero-order valence-electron chi connectivity index (χ0n) is 16.0. The van der Waals surface area contributed by atoms with E-state index >= 15 is 0 Å². The fraction of sp³-hybridized carbons (Fsp3) is 0.217. The van der Waals surface area contributed by atoms with Gasteiger partial charge in [0.2, 0.25) is 0 Å². The first-order chi connectivity index (χ1) is 13.5. The Labute approximate surface area is 164 Å². The number of phenols is 1. The molecule has 2 aromatic carbocycles. The minimum Gasteiger partial charge on any atom is -0.504 e. The van der Waals surface area contributed by atoms with Crippen LogP contribution >= 0.6 is 0 Å². The molecule has 1 amide bonds. The number of amides is 1. The van der Waals surface area contributed by atoms with Gasteiger partial charge in [0.15, 0.2) is 11.5 Å². The maximum atomic E-state index is 13.1. The third-order valence-corrected chi connectivity index (χ3v) is 5.01. The normalized spacial score (nSPS) is 13.4. The maximum absolute atomic E-state index is 13.1. The molecule has 3 aromatic rings. The number of aryl methyl sites for hydroxylation is 2. The molecule has 0 saturated carbocycles. The fourth-order valence-electron chi connectivity index (χ4n) is 3.60. The van der Waals surface area contributed by atoms with E-state index < -0.39 is 0 Å². The van der Waals surface area contributed by atoms with E-state index in [-0.39, 0.29) is 11.7 Å². The number of ether oxygens (including phenoxy) is 1. The Morgan fingerprint density at radius 2 is 2.00 bits per heavy atom. The highest BCUT2D eigenvalue weighted by atomic mass is 16.5. The zero-order valence-corrected chi connectivity index (χ0v) is 16.0. The molecule has 0 aliphatic carbocycles. The Hall–Kier alpha value is -3.34. The van der Waals surface area contributed by atoms with Gasteiger partial charge in [-0.2, -0.15) is 0 Å². The molecule has 0 bridgehead atoms. The SMILES string of the molecule is Cc1ccc(C(=O)N2CCOc3c(O)cc(-c4cccnc4)cc3C2)c(C)c1. The lowest BCUT2D eigenvalue weighted by Gasteiger charge is -2.21. The smallest absolute Gasteiger partial charge is 0.254 e. The molecule has 0 fully saturated rings. The summed E-state index contributed by atoms with van der Waals surface area (Å²) in [5, 5.41) is 10.5. The number of carbonyl (C=O) groups excluding carboxylic acids is 1. The van der Waals surface area contributed by atoms with E-state index in [2.05, 4.69) is 4.98 Å². The van der Waals surface area contributed by atoms with Crippen molar-refractivity contribution < 1.29 is 14.6 Å². The van der Waals surface area contributed by atoms with Gasteiger partial charge >= 0.3 is 0 Å². The average Bonchev–Trinajstić information content (AvgIpc) is 2.91. The van der Waals surface area contributed by atoms with Crippen molar-refractivity contribution >= 4 is 5.91 Å². The number of hydrogen-bond acceptors (Lipinski definition) is 4. The molecular weight excluding hydrogens is 352 g/mol. The summed E-state index contributed by atoms with van der Waals surface area (Å²) in [5.41, 5.74) is 5.31. The van der Waals surface area contributed by atoms with Gasteiger partial charge in [0.25, 0.3) is 5.91 Å². The Morgan fingerprint density at radius 1 is 1.14 bits per heavy atom. The summed E-state index contributed by atoms with van der Waals surface area (Å²) in [6, 6.07) is 13.3. The van der Waals surface area contributed by atoms with Crippen LogP contribution in [0.5, 0.6) is 11.5 Å². The van der Waals surface area contributed by atoms with E-state index in [1.807, 2.05) is 50.2 Å². The second-order valence-electron chi connectivity index (χ2n) is 7.12. The van der Waals surface area contributed by atoms with Gasteiger partial charge in [-0.3, -0.25) is 9.78 Å². The summed E-state index contributed by atoms with van der Waals surface area (Å²) < 4.78 is 5.78. The predicted octanol–water partition coefficient (Wildman–Crippen LogP) is 4.11. The van der Waals surface area contributed by atoms with E-state index in [0.717, 1.165) is 27.8 Å². The second-order valence-corrected chi connectivity index (χ2v) is 7.12. The van der Waals surface area contributed by atoms with Gasteiger partial charge in [-0.25, -0.2) is 0 Å². The van der Waals surface area contributed by atoms with E-state index in [9.17, 15) is 9.90 Å². The summed E-state index contributed by atoms with van der Waals surface area (Å²) in [6.07, 6.45) is 3.46. The summed E-state index contributed by atoms with van der Waals surface area (Å²) in [5.74, 6) is 0.501. The molecule has 0 saturated heterocycles. The third-order valence-electron chi connectivity index (χ3n) is 5.01. The van der Waals surface area contributed by atoms with Gasteiger partial charge in [0, 0.05) is 35.6 Å². The first kappa shape index (κ1) is 18.0. The maximum Gasteiger partial charge on any atom is 0.254 e. The second kappa shape index (κ2) is 7.35. The quantitative estimate of drug-likeness (QED) is 0.733. The van der Waals surface area contributed by atoms with Gasteiger partial charge < -0.3 is 14.7 Å². The van der Waals surface area contributed by atoms with Crippen molar-refractivity contribution in [2.24, 2.45) is 0 Å². The molecular formula is C23H22N2O3. The summed E-state index contributed by atoms with van der Waals surface area (Å²) in [6.45, 7) is 5.14. The summed E-state index contributed by atoms with van der Waals surface area (Å²) in [7, 11) is 0. The molecule has 4 rings (SSSR count). The first-order valence-corrected chi connectivity index (χ1v) is 9.28. The van der Waals surface area contributed by atoms with Crippen LogP contribution in [0.4, 0.5) is 0 Å². The standard InChI is InChI=1S/C23H22N2O3/c1-15-5-6-20(16(2)10-15)23(27)25-8-9-28-22-19(14-25)11-18(12-21(22)26)17-4-3-7-24-13-17/h3-7,10-13,26H,8-9,14H2,1-2H3. The largest absolute Gasteiger partial charge is 0.504 e. The number of rotatable bonds is 2. The van der Waals surface area contributed by atoms with Crippen molar-refractivity contribution in [1.82, 2.24) is 9.88 Å². The lowest BCUT2D eigenvalue weighted by atomic mass is 10.0. The molecule has 28 heavy (non-hydrogen) atoms. The summed E-state index contributed by atoms with van der Waals surface area (Å²) in [4.78, 5) is 19.0. The van der Waals surface area contributed by atoms with Crippen LogP contribution in [-0.2, 0) is 6.54 Å². The first-order valence-electron chi connectivity index (χ1n) is 9.28. The lowest BCUT2D eigenvalue weighted by Crippen LogP contribution is -2.32. The monoisotopic (exact) mass is 374 g/mol. The van der Waals surface area contributed by atoms with Gasteiger partial charge in [0.1, 0.15) is 6.61 Å². The molecule has 5 heteroatoms. The van der Waals surface area contributed by atoms with Crippen molar-refractivity contribution in [2.45, 2.75) is 20.4 Å². The third kappa shape index (κ3) is 3.43. The molecule has 1 N–H and O–H groups in total. The Kier molecular flexibility index (Phi) is 4.74. The van der Waals surface area contributed by atoms with Crippen molar-refractivity contribution in [3.63, 3.8) is 0 Å². The molecule has 0 radical (unpaired) electrons. The zero-order chi connectivity index (χ0) is 19.7. The Morgan fingerprint density at radius 3 is 2.75 bits per heavy atom. The minimum atomic E-state index is -0.0276. The molecule has 1 aliphatic rings. The van der Waals surface area contributed by atoms with Crippen LogP contribution in [0.1, 0.15) is 27.0 Å². The molecule has 5 nitrogen and oxygen atoms in total. The topological polar surface area (TPSA) is 62.7 Å². The molecule has 0 spiro atoms. The van der Waals surface area contributed by atoms with Gasteiger partial charge in [-0.1, -0.05) is 23.8 Å². The molecule has 1 aromatic heterocycles. The number of pyridine rings is 1. The number of carbonyl (C=O) groups is 1. The molecule has 2 heterocycles. The minimum absolute atomic E-state index is 0.0276. The van der Waals surface area contributed by atoms with Gasteiger partial charge in [0.05, 0.1) is 6.54 Å². The van der Waals surface area contributed by atoms with Crippen molar-refractivity contribution in [1.29, 1.82) is 0 Å². The van der Waals surface area contributed by atoms with Gasteiger partial charge in [-0.15, -0.1) is 0 Å². The van der Waals surface area contributed by atoms with Gasteiger partial charge in [-0.05, 0) is 49.2 Å². The highest BCUT2D eigenvalue weighted by Crippen LogP contribution is 2.37. The number of aromatic nitrogens is 1. The molecule has 142 valence electrons. The van der Waals surface area contributed by atoms with Crippen LogP contribution in [0.25, 0.3) is 11.1 Å².